The molecule has 1 saturated heterocycles. The molecule has 1 aliphatic carbocycles. The predicted molar refractivity (Wildman–Crippen MR) is 41.8 cm³/mol. The number of nitrogens with two attached hydrogens (primary N) is 1. The topological polar surface area (TPSA) is 55.1 Å². The Hall–Kier alpha value is -1.09. The van der Waals surface area contributed by atoms with E-state index in [9.17, 15) is 4.79 Å². The lowest BCUT2D eigenvalue weighted by Gasteiger charge is -2.10. The minimum Gasteiger partial charge on any atom is -0.348 e. The van der Waals surface area contributed by atoms with Gasteiger partial charge in [-0.3, -0.25) is 4.79 Å². The Morgan fingerprint density at radius 1 is 1.64 bits per heavy atom. The molecule has 2 rings (SSSR count). The van der Waals surface area contributed by atoms with E-state index in [2.05, 4.69) is 5.32 Å². The summed E-state index contributed by atoms with van der Waals surface area (Å²) in [5, 5.41) is 2.75. The van der Waals surface area contributed by atoms with Crippen LogP contribution in [0.15, 0.2) is 23.3 Å². The standard InChI is InChI=1S/C8H10N2O/c9-6-1-2-7-5(3-6)4-10-8(7)11/h2-3,6H,1,4,9H2,(H,10,11). The van der Waals surface area contributed by atoms with E-state index >= 15 is 0 Å². The number of amides is 1. The monoisotopic (exact) mass is 150 g/mol. The van der Waals surface area contributed by atoms with E-state index in [-0.39, 0.29) is 11.9 Å². The van der Waals surface area contributed by atoms with Crippen LogP contribution in [-0.2, 0) is 4.79 Å². The van der Waals surface area contributed by atoms with Crippen molar-refractivity contribution in [2.75, 3.05) is 6.54 Å². The lowest BCUT2D eigenvalue weighted by molar-refractivity contribution is -0.116. The molecule has 0 spiro atoms. The van der Waals surface area contributed by atoms with Crippen LogP contribution < -0.4 is 11.1 Å². The van der Waals surface area contributed by atoms with E-state index in [4.69, 9.17) is 5.73 Å². The lowest BCUT2D eigenvalue weighted by Crippen LogP contribution is -2.19. The van der Waals surface area contributed by atoms with Gasteiger partial charge in [-0.1, -0.05) is 12.2 Å². The second-order valence-corrected chi connectivity index (χ2v) is 2.89. The molecule has 0 aromatic carbocycles. The first-order valence-electron chi connectivity index (χ1n) is 3.72. The Morgan fingerprint density at radius 2 is 2.45 bits per heavy atom. The zero-order chi connectivity index (χ0) is 7.84. The van der Waals surface area contributed by atoms with Gasteiger partial charge in [-0.05, 0) is 12.0 Å². The Labute approximate surface area is 65.0 Å². The Kier molecular flexibility index (Phi) is 1.32. The Bertz CT molecular complexity index is 265. The van der Waals surface area contributed by atoms with Gasteiger partial charge in [-0.25, -0.2) is 0 Å². The number of nitrogens with one attached hydrogen (secondary N) is 1. The summed E-state index contributed by atoms with van der Waals surface area (Å²) < 4.78 is 0. The van der Waals surface area contributed by atoms with Crippen LogP contribution in [0, 0.1) is 0 Å². The molecule has 0 radical (unpaired) electrons. The van der Waals surface area contributed by atoms with Crippen molar-refractivity contribution in [3.8, 4) is 0 Å². The fraction of sp³-hybridized carbons (Fsp3) is 0.375. The summed E-state index contributed by atoms with van der Waals surface area (Å²) in [4.78, 5) is 11.1. The summed E-state index contributed by atoms with van der Waals surface area (Å²) in [6, 6.07) is 0.0986. The van der Waals surface area contributed by atoms with Crippen molar-refractivity contribution in [2.24, 2.45) is 5.73 Å². The van der Waals surface area contributed by atoms with Gasteiger partial charge in [0.1, 0.15) is 0 Å². The minimum absolute atomic E-state index is 0.0446. The highest BCUT2D eigenvalue weighted by Crippen LogP contribution is 2.21. The van der Waals surface area contributed by atoms with Crippen LogP contribution in [-0.4, -0.2) is 18.5 Å². The zero-order valence-electron chi connectivity index (χ0n) is 6.13. The molecule has 0 aromatic heterocycles. The third-order valence-electron chi connectivity index (χ3n) is 2.04. The molecule has 3 N–H and O–H groups in total. The molecule has 1 heterocycles. The van der Waals surface area contributed by atoms with Crippen molar-refractivity contribution in [3.63, 3.8) is 0 Å². The summed E-state index contributed by atoms with van der Waals surface area (Å²) in [5.41, 5.74) is 7.57. The van der Waals surface area contributed by atoms with Crippen LogP contribution in [0.1, 0.15) is 6.42 Å². The van der Waals surface area contributed by atoms with E-state index in [0.29, 0.717) is 6.54 Å². The van der Waals surface area contributed by atoms with Crippen LogP contribution >= 0.6 is 0 Å². The molecule has 58 valence electrons. The average Bonchev–Trinajstić information content (AvgIpc) is 2.32. The smallest absolute Gasteiger partial charge is 0.251 e. The van der Waals surface area contributed by atoms with Crippen molar-refractivity contribution in [2.45, 2.75) is 12.5 Å². The third-order valence-corrected chi connectivity index (χ3v) is 2.04. The number of hydrogen-bond donors (Lipinski definition) is 2. The molecule has 1 unspecified atom stereocenters. The normalized spacial score (nSPS) is 28.8. The maximum atomic E-state index is 11.1. The van der Waals surface area contributed by atoms with Crippen LogP contribution in [0.4, 0.5) is 0 Å². The first-order valence-corrected chi connectivity index (χ1v) is 3.72. The van der Waals surface area contributed by atoms with Gasteiger partial charge in [0.2, 0.25) is 0 Å². The van der Waals surface area contributed by atoms with E-state index in [1.807, 2.05) is 12.2 Å². The quantitative estimate of drug-likeness (QED) is 0.498. The molecule has 1 aliphatic heterocycles. The minimum atomic E-state index is 0.0446. The van der Waals surface area contributed by atoms with Gasteiger partial charge < -0.3 is 11.1 Å². The molecule has 0 bridgehead atoms. The molecular weight excluding hydrogens is 140 g/mol. The molecular formula is C8H10N2O. The highest BCUT2D eigenvalue weighted by atomic mass is 16.2. The first-order chi connectivity index (χ1) is 5.27. The fourth-order valence-electron chi connectivity index (χ4n) is 1.46. The van der Waals surface area contributed by atoms with Crippen molar-refractivity contribution in [3.05, 3.63) is 23.3 Å². The molecule has 2 aliphatic rings. The summed E-state index contributed by atoms with van der Waals surface area (Å²) in [6.07, 6.45) is 4.67. The van der Waals surface area contributed by atoms with Crippen LogP contribution in [0.2, 0.25) is 0 Å². The molecule has 1 fully saturated rings. The maximum Gasteiger partial charge on any atom is 0.251 e. The summed E-state index contributed by atoms with van der Waals surface area (Å²) in [5.74, 6) is 0.0446. The number of carbonyl (C=O) groups is 1. The Morgan fingerprint density at radius 3 is 3.27 bits per heavy atom. The molecule has 11 heavy (non-hydrogen) atoms. The third kappa shape index (κ3) is 0.973. The molecule has 1 atom stereocenters. The van der Waals surface area contributed by atoms with Gasteiger partial charge >= 0.3 is 0 Å². The van der Waals surface area contributed by atoms with Crippen LogP contribution in [0.25, 0.3) is 0 Å². The molecule has 0 saturated carbocycles. The highest BCUT2D eigenvalue weighted by Gasteiger charge is 2.24. The van der Waals surface area contributed by atoms with Gasteiger partial charge in [0.25, 0.3) is 5.91 Å². The molecule has 1 amide bonds. The largest absolute Gasteiger partial charge is 0.348 e. The molecule has 3 nitrogen and oxygen atoms in total. The lowest BCUT2D eigenvalue weighted by atomic mass is 9.98. The van der Waals surface area contributed by atoms with Crippen molar-refractivity contribution in [1.82, 2.24) is 5.32 Å². The predicted octanol–water partition coefficient (Wildman–Crippen LogP) is -0.300. The average molecular weight is 150 g/mol. The van der Waals surface area contributed by atoms with Crippen molar-refractivity contribution >= 4 is 5.91 Å². The number of rotatable bonds is 0. The van der Waals surface area contributed by atoms with E-state index in [0.717, 1.165) is 17.6 Å². The second-order valence-electron chi connectivity index (χ2n) is 2.89. The Balaban J connectivity index is 2.35. The van der Waals surface area contributed by atoms with Crippen molar-refractivity contribution in [1.29, 1.82) is 0 Å². The number of hydrogen-bond acceptors (Lipinski definition) is 2. The second kappa shape index (κ2) is 2.20. The number of fused-ring (bicyclic) bond motifs is 1. The summed E-state index contributed by atoms with van der Waals surface area (Å²) in [6.45, 7) is 0.651. The first kappa shape index (κ1) is 6.61. The zero-order valence-corrected chi connectivity index (χ0v) is 6.13. The molecule has 0 aromatic rings. The van der Waals surface area contributed by atoms with Gasteiger partial charge in [-0.15, -0.1) is 0 Å². The van der Waals surface area contributed by atoms with E-state index in [1.54, 1.807) is 0 Å². The highest BCUT2D eigenvalue weighted by molar-refractivity contribution is 6.01. The summed E-state index contributed by atoms with van der Waals surface area (Å²) >= 11 is 0. The SMILES string of the molecule is NC1C=C2CNC(=O)C2=CC1. The fourth-order valence-corrected chi connectivity index (χ4v) is 1.46. The van der Waals surface area contributed by atoms with Gasteiger partial charge in [0.05, 0.1) is 0 Å². The number of carbonyl (C=O) groups excluding carboxylic acids is 1. The van der Waals surface area contributed by atoms with Crippen LogP contribution in [0.3, 0.4) is 0 Å². The summed E-state index contributed by atoms with van der Waals surface area (Å²) in [7, 11) is 0. The van der Waals surface area contributed by atoms with E-state index in [1.165, 1.54) is 0 Å². The van der Waals surface area contributed by atoms with E-state index < -0.39 is 0 Å². The molecule has 3 heteroatoms. The van der Waals surface area contributed by atoms with Gasteiger partial charge in [-0.2, -0.15) is 0 Å². The van der Waals surface area contributed by atoms with Gasteiger partial charge in [0, 0.05) is 18.2 Å². The van der Waals surface area contributed by atoms with Crippen molar-refractivity contribution < 1.29 is 4.79 Å². The van der Waals surface area contributed by atoms with Gasteiger partial charge in [0.15, 0.2) is 0 Å². The van der Waals surface area contributed by atoms with Crippen LogP contribution in [0.5, 0.6) is 0 Å². The maximum absolute atomic E-state index is 11.1.